The van der Waals surface area contributed by atoms with Crippen LogP contribution in [-0.2, 0) is 46.1 Å². The molecule has 8 nitrogen and oxygen atoms in total. The number of rotatable bonds is 23. The number of aryl methyl sites for hydroxylation is 1. The molecular formula is C24H40O8. The second kappa shape index (κ2) is 21.3. The average molecular weight is 457 g/mol. The molecule has 1 N–H and O–H groups in total. The lowest BCUT2D eigenvalue weighted by Gasteiger charge is -2.08. The maximum absolute atomic E-state index is 10.2. The van der Waals surface area contributed by atoms with Crippen molar-refractivity contribution in [3.8, 4) is 0 Å². The van der Waals surface area contributed by atoms with Crippen molar-refractivity contribution in [1.29, 1.82) is 0 Å². The predicted octanol–water partition coefficient (Wildman–Crippen LogP) is 2.76. The van der Waals surface area contributed by atoms with Crippen LogP contribution in [0.2, 0.25) is 0 Å². The van der Waals surface area contributed by atoms with Crippen LogP contribution in [0, 0.1) is 0 Å². The van der Waals surface area contributed by atoms with Crippen LogP contribution < -0.4 is 0 Å². The number of ether oxygens (including phenoxy) is 6. The summed E-state index contributed by atoms with van der Waals surface area (Å²) < 4.78 is 32.0. The molecule has 1 aromatic carbocycles. The Morgan fingerprint density at radius 3 is 1.41 bits per heavy atom. The number of hydrogen-bond donors (Lipinski definition) is 1. The summed E-state index contributed by atoms with van der Waals surface area (Å²) in [4.78, 5) is 10.2. The van der Waals surface area contributed by atoms with Gasteiger partial charge in [-0.2, -0.15) is 0 Å². The van der Waals surface area contributed by atoms with Gasteiger partial charge in [0.25, 0.3) is 0 Å². The Kier molecular flexibility index (Phi) is 19.0. The predicted molar refractivity (Wildman–Crippen MR) is 121 cm³/mol. The van der Waals surface area contributed by atoms with E-state index in [2.05, 4.69) is 31.2 Å². The molecule has 1 rings (SSSR count). The summed E-state index contributed by atoms with van der Waals surface area (Å²) in [5.41, 5.74) is 2.71. The summed E-state index contributed by atoms with van der Waals surface area (Å²) >= 11 is 0. The van der Waals surface area contributed by atoms with Gasteiger partial charge in [-0.25, -0.2) is 4.79 Å². The first-order valence-corrected chi connectivity index (χ1v) is 11.5. The SMILES string of the molecule is CCCCc1ccc(CCOCCOCCOCCOCCOCCOCC(=O)O)cc1. The quantitative estimate of drug-likeness (QED) is 0.251. The number of hydrogen-bond acceptors (Lipinski definition) is 7. The van der Waals surface area contributed by atoms with E-state index >= 15 is 0 Å². The highest BCUT2D eigenvalue weighted by molar-refractivity contribution is 5.67. The van der Waals surface area contributed by atoms with Crippen molar-refractivity contribution in [3.05, 3.63) is 35.4 Å². The molecule has 1 aromatic rings. The lowest BCUT2D eigenvalue weighted by atomic mass is 10.1. The fourth-order valence-corrected chi connectivity index (χ4v) is 2.70. The molecule has 0 spiro atoms. The van der Waals surface area contributed by atoms with E-state index in [9.17, 15) is 4.79 Å². The van der Waals surface area contributed by atoms with E-state index in [1.807, 2.05) is 0 Å². The van der Waals surface area contributed by atoms with E-state index in [-0.39, 0.29) is 13.2 Å². The minimum Gasteiger partial charge on any atom is -0.480 e. The Morgan fingerprint density at radius 2 is 1.00 bits per heavy atom. The number of benzene rings is 1. The topological polar surface area (TPSA) is 92.7 Å². The third-order valence-electron chi connectivity index (χ3n) is 4.46. The van der Waals surface area contributed by atoms with Gasteiger partial charge >= 0.3 is 5.97 Å². The smallest absolute Gasteiger partial charge is 0.329 e. The van der Waals surface area contributed by atoms with Gasteiger partial charge in [-0.05, 0) is 30.4 Å². The molecule has 0 saturated heterocycles. The highest BCUT2D eigenvalue weighted by Gasteiger charge is 1.98. The third-order valence-corrected chi connectivity index (χ3v) is 4.46. The number of carbonyl (C=O) groups is 1. The monoisotopic (exact) mass is 456 g/mol. The molecule has 0 amide bonds. The molecule has 0 heterocycles. The zero-order valence-electron chi connectivity index (χ0n) is 19.4. The molecule has 0 aliphatic rings. The number of carboxylic acids is 1. The zero-order chi connectivity index (χ0) is 23.1. The molecule has 0 aromatic heterocycles. The van der Waals surface area contributed by atoms with Crippen LogP contribution in [0.4, 0.5) is 0 Å². The maximum atomic E-state index is 10.2. The van der Waals surface area contributed by atoms with Crippen LogP contribution in [0.25, 0.3) is 0 Å². The van der Waals surface area contributed by atoms with Gasteiger partial charge in [0.2, 0.25) is 0 Å². The number of aliphatic carboxylic acids is 1. The van der Waals surface area contributed by atoms with Crippen molar-refractivity contribution in [2.24, 2.45) is 0 Å². The number of unbranched alkanes of at least 4 members (excludes halogenated alkanes) is 1. The van der Waals surface area contributed by atoms with Crippen LogP contribution in [0.3, 0.4) is 0 Å². The second-order valence-corrected chi connectivity index (χ2v) is 7.18. The molecular weight excluding hydrogens is 416 g/mol. The molecule has 0 aliphatic carbocycles. The Balaban J connectivity index is 1.76. The molecule has 0 radical (unpaired) electrons. The molecule has 0 atom stereocenters. The lowest BCUT2D eigenvalue weighted by molar-refractivity contribution is -0.142. The minimum absolute atomic E-state index is 0.257. The van der Waals surface area contributed by atoms with E-state index in [1.165, 1.54) is 24.0 Å². The van der Waals surface area contributed by atoms with E-state index in [0.717, 1.165) is 12.8 Å². The lowest BCUT2D eigenvalue weighted by Crippen LogP contribution is -2.15. The molecule has 0 unspecified atom stereocenters. The summed E-state index contributed by atoms with van der Waals surface area (Å²) in [5, 5.41) is 8.40. The van der Waals surface area contributed by atoms with Crippen LogP contribution in [0.1, 0.15) is 30.9 Å². The summed E-state index contributed by atoms with van der Waals surface area (Å²) in [7, 11) is 0. The molecule has 8 heteroatoms. The largest absolute Gasteiger partial charge is 0.480 e. The van der Waals surface area contributed by atoms with Gasteiger partial charge in [-0.3, -0.25) is 0 Å². The Bertz CT molecular complexity index is 549. The minimum atomic E-state index is -0.984. The summed E-state index contributed by atoms with van der Waals surface area (Å²) in [5.74, 6) is -0.984. The Labute approximate surface area is 192 Å². The van der Waals surface area contributed by atoms with Gasteiger partial charge in [-0.1, -0.05) is 37.6 Å². The van der Waals surface area contributed by atoms with Crippen LogP contribution in [-0.4, -0.2) is 90.4 Å². The van der Waals surface area contributed by atoms with Gasteiger partial charge in [0.05, 0.1) is 72.7 Å². The second-order valence-electron chi connectivity index (χ2n) is 7.18. The first-order valence-electron chi connectivity index (χ1n) is 11.5. The normalized spacial score (nSPS) is 11.2. The molecule has 32 heavy (non-hydrogen) atoms. The summed E-state index contributed by atoms with van der Waals surface area (Å²) in [6.07, 6.45) is 4.55. The van der Waals surface area contributed by atoms with Crippen LogP contribution in [0.15, 0.2) is 24.3 Å². The Hall–Kier alpha value is -1.55. The molecule has 0 aliphatic heterocycles. The number of carboxylic acid groups (broad SMARTS) is 1. The van der Waals surface area contributed by atoms with Gasteiger partial charge in [-0.15, -0.1) is 0 Å². The molecule has 184 valence electrons. The zero-order valence-corrected chi connectivity index (χ0v) is 19.4. The van der Waals surface area contributed by atoms with Crippen molar-refractivity contribution in [1.82, 2.24) is 0 Å². The highest BCUT2D eigenvalue weighted by atomic mass is 16.6. The van der Waals surface area contributed by atoms with E-state index in [0.29, 0.717) is 66.1 Å². The van der Waals surface area contributed by atoms with E-state index < -0.39 is 5.97 Å². The average Bonchev–Trinajstić information content (AvgIpc) is 2.79. The molecule has 0 saturated carbocycles. The standard InChI is InChI=1S/C24H40O8/c1-2-3-4-22-5-7-23(8-6-22)9-10-27-11-12-28-13-14-29-15-16-30-17-18-31-19-20-32-21-24(25)26/h5-8H,2-4,9-21H2,1H3,(H,25,26). The first-order chi connectivity index (χ1) is 15.7. The van der Waals surface area contributed by atoms with Crippen LogP contribution >= 0.6 is 0 Å². The van der Waals surface area contributed by atoms with E-state index in [1.54, 1.807) is 0 Å². The van der Waals surface area contributed by atoms with Crippen LogP contribution in [0.5, 0.6) is 0 Å². The highest BCUT2D eigenvalue weighted by Crippen LogP contribution is 2.08. The van der Waals surface area contributed by atoms with Crippen molar-refractivity contribution >= 4 is 5.97 Å². The third kappa shape index (κ3) is 18.1. The fourth-order valence-electron chi connectivity index (χ4n) is 2.70. The van der Waals surface area contributed by atoms with Crippen molar-refractivity contribution in [2.45, 2.75) is 32.6 Å². The maximum Gasteiger partial charge on any atom is 0.329 e. The Morgan fingerprint density at radius 1 is 0.625 bits per heavy atom. The molecule has 0 bridgehead atoms. The van der Waals surface area contributed by atoms with Crippen molar-refractivity contribution < 1.29 is 38.3 Å². The van der Waals surface area contributed by atoms with Gasteiger partial charge < -0.3 is 33.5 Å². The van der Waals surface area contributed by atoms with Gasteiger partial charge in [0, 0.05) is 0 Å². The summed E-state index contributed by atoms with van der Waals surface area (Å²) in [6.45, 7) is 7.28. The first kappa shape index (κ1) is 28.5. The van der Waals surface area contributed by atoms with Gasteiger partial charge in [0.15, 0.2) is 0 Å². The fraction of sp³-hybridized carbons (Fsp3) is 0.708. The van der Waals surface area contributed by atoms with Gasteiger partial charge in [0.1, 0.15) is 6.61 Å². The molecule has 0 fully saturated rings. The summed E-state index contributed by atoms with van der Waals surface area (Å²) in [6, 6.07) is 8.82. The van der Waals surface area contributed by atoms with Crippen molar-refractivity contribution in [3.63, 3.8) is 0 Å². The van der Waals surface area contributed by atoms with E-state index in [4.69, 9.17) is 33.5 Å². The van der Waals surface area contributed by atoms with Crippen molar-refractivity contribution in [2.75, 3.05) is 79.3 Å².